The number of aliphatic imine (C=N–C) groups is 1. The molecule has 5 atom stereocenters. The summed E-state index contributed by atoms with van der Waals surface area (Å²) < 4.78 is 0. The molecular formula is C59H85N17O9. The van der Waals surface area contributed by atoms with Crippen molar-refractivity contribution in [2.45, 2.75) is 141 Å². The molecule has 0 saturated carbocycles. The normalized spacial score (nSPS) is 18.4. The minimum absolute atomic E-state index is 0.0100. The molecule has 26 heteroatoms. The Labute approximate surface area is 495 Å². The van der Waals surface area contributed by atoms with E-state index in [1.54, 1.807) is 59.1 Å². The number of nitrogens with zero attached hydrogens (tertiary/aromatic N) is 5. The number of aromatic nitrogens is 2. The Hall–Kier alpha value is -8.81. The first-order chi connectivity index (χ1) is 41.0. The summed E-state index contributed by atoms with van der Waals surface area (Å²) in [6.07, 6.45) is 4.69. The van der Waals surface area contributed by atoms with Crippen LogP contribution in [0.4, 0.5) is 10.5 Å². The van der Waals surface area contributed by atoms with Crippen molar-refractivity contribution in [1.29, 1.82) is 0 Å². The highest BCUT2D eigenvalue weighted by Gasteiger charge is 2.33. The van der Waals surface area contributed by atoms with Gasteiger partial charge in [0.15, 0.2) is 5.96 Å². The van der Waals surface area contributed by atoms with Crippen LogP contribution in [0, 0.1) is 0 Å². The third-order valence-electron chi connectivity index (χ3n) is 14.8. The van der Waals surface area contributed by atoms with E-state index in [-0.39, 0.29) is 74.8 Å². The number of amides is 10. The van der Waals surface area contributed by atoms with E-state index in [0.29, 0.717) is 76.3 Å². The number of carbonyl (C=O) groups excluding carboxylic acids is 9. The van der Waals surface area contributed by atoms with Gasteiger partial charge in [-0.15, -0.1) is 0 Å². The molecule has 1 fully saturated rings. The molecule has 0 bridgehead atoms. The van der Waals surface area contributed by atoms with Crippen LogP contribution in [-0.2, 0) is 53.1 Å². The third kappa shape index (κ3) is 20.5. The Balaban J connectivity index is 0.925. The summed E-state index contributed by atoms with van der Waals surface area (Å²) in [5.74, 6) is -3.21. The number of para-hydroxylation sites is 2. The summed E-state index contributed by atoms with van der Waals surface area (Å²) >= 11 is 0. The molecule has 1 saturated heterocycles. The lowest BCUT2D eigenvalue weighted by molar-refractivity contribution is -0.134. The van der Waals surface area contributed by atoms with Crippen molar-refractivity contribution in [3.63, 3.8) is 0 Å². The van der Waals surface area contributed by atoms with Crippen LogP contribution in [0.15, 0.2) is 77.8 Å². The minimum atomic E-state index is -1.17. The van der Waals surface area contributed by atoms with Crippen molar-refractivity contribution in [2.75, 3.05) is 58.8 Å². The summed E-state index contributed by atoms with van der Waals surface area (Å²) in [5, 5.41) is 23.6. The zero-order valence-corrected chi connectivity index (χ0v) is 49.2. The number of H-pyrrole nitrogens is 1. The lowest BCUT2D eigenvalue weighted by atomic mass is 10.0. The Morgan fingerprint density at radius 3 is 2.15 bits per heavy atom. The van der Waals surface area contributed by atoms with Gasteiger partial charge in [-0.05, 0) is 106 Å². The van der Waals surface area contributed by atoms with Crippen LogP contribution in [0.5, 0.6) is 0 Å². The largest absolute Gasteiger partial charge is 0.370 e. The second-order valence-corrected chi connectivity index (χ2v) is 21.3. The van der Waals surface area contributed by atoms with Crippen molar-refractivity contribution in [2.24, 2.45) is 16.5 Å². The summed E-state index contributed by atoms with van der Waals surface area (Å²) in [6.45, 7) is 5.59. The van der Waals surface area contributed by atoms with Gasteiger partial charge >= 0.3 is 6.03 Å². The zero-order chi connectivity index (χ0) is 61.3. The van der Waals surface area contributed by atoms with Gasteiger partial charge in [0.2, 0.25) is 41.4 Å². The fourth-order valence-electron chi connectivity index (χ4n) is 9.83. The SMILES string of the molecule is CC[C@@H]1NC(=O)CNC(=O)C(CCCNC(N)=NC)NC(=O)C(CCCCNC(=O)CC[C@@H](N)C(=O)NCCCCCCN2Cc3cc(C(=O)N(C)Cc4nc5ccccc5[nH]4)ccc3NN(CC)C2=O)NC(=O)[C@@H](Cc2ccccc2)NC1=O. The van der Waals surface area contributed by atoms with Gasteiger partial charge in [0.1, 0.15) is 30.0 Å². The van der Waals surface area contributed by atoms with E-state index in [1.807, 2.05) is 49.4 Å². The monoisotopic (exact) mass is 1180 g/mol. The molecule has 3 heterocycles. The second kappa shape index (κ2) is 33.5. The van der Waals surface area contributed by atoms with Crippen LogP contribution in [0.3, 0.4) is 0 Å². The van der Waals surface area contributed by atoms with Gasteiger partial charge in [-0.3, -0.25) is 48.8 Å². The molecule has 0 spiro atoms. The molecule has 3 aromatic carbocycles. The van der Waals surface area contributed by atoms with Crippen LogP contribution < -0.4 is 59.4 Å². The Bertz CT molecular complexity index is 2920. The van der Waals surface area contributed by atoms with Crippen molar-refractivity contribution < 1.29 is 43.2 Å². The minimum Gasteiger partial charge on any atom is -0.370 e. The molecule has 0 radical (unpaired) electrons. The van der Waals surface area contributed by atoms with E-state index in [4.69, 9.17) is 11.5 Å². The van der Waals surface area contributed by atoms with Gasteiger partial charge in [-0.25, -0.2) is 14.8 Å². The molecule has 460 valence electrons. The first-order valence-corrected chi connectivity index (χ1v) is 29.4. The predicted molar refractivity (Wildman–Crippen MR) is 322 cm³/mol. The number of aromatic amines is 1. The Morgan fingerprint density at radius 2 is 1.41 bits per heavy atom. The standard InChI is InChI=1S/C59H85N17O9/c1-5-42-54(81)72-48(33-38-19-10-9-11-20-38)56(83)71-47(55(82)70-46(24-18-31-65-58(61)62-3)53(80)66-35-51(78)69-42)23-14-16-29-63-50(77)28-26-41(60)52(79)64-30-15-7-8-17-32-75-36-40-34-39(25-27-43(40)73-76(6-2)59(75)85)57(84)74(4)37-49-67-44-21-12-13-22-45(44)68-49/h9-13,19-22,25,27,34,41-42,46-48,73H,5-8,14-18,23-24,26,28-33,35-37,60H2,1-4H3,(H,63,77)(H,64,79)(H,66,80)(H,67,68)(H,69,78)(H,70,82)(H,71,83)(H,72,81)(H3,61,62,65)/t41-,42+,46?,47?,48-/m1/s1. The average molecular weight is 1180 g/mol. The van der Waals surface area contributed by atoms with Gasteiger partial charge in [-0.2, -0.15) is 0 Å². The quantitative estimate of drug-likeness (QED) is 0.0229. The van der Waals surface area contributed by atoms with Gasteiger partial charge in [0.25, 0.3) is 5.91 Å². The number of nitrogens with two attached hydrogens (primary N) is 2. The number of unbranched alkanes of at least 4 members (excludes halogenated alkanes) is 4. The van der Waals surface area contributed by atoms with Crippen molar-refractivity contribution >= 4 is 76.0 Å². The molecule has 2 unspecified atom stereocenters. The van der Waals surface area contributed by atoms with Crippen LogP contribution in [0.1, 0.15) is 118 Å². The van der Waals surface area contributed by atoms with E-state index < -0.39 is 66.3 Å². The highest BCUT2D eigenvalue weighted by Crippen LogP contribution is 2.26. The fourth-order valence-corrected chi connectivity index (χ4v) is 9.83. The predicted octanol–water partition coefficient (Wildman–Crippen LogP) is 1.53. The number of hydrogen-bond acceptors (Lipinski definition) is 13. The number of nitrogens with one attached hydrogen (secondary N) is 10. The zero-order valence-electron chi connectivity index (χ0n) is 49.2. The number of hydrazine groups is 1. The molecule has 0 aliphatic carbocycles. The molecule has 26 nitrogen and oxygen atoms in total. The van der Waals surface area contributed by atoms with Gasteiger partial charge in [-0.1, -0.05) is 62.2 Å². The van der Waals surface area contributed by atoms with Crippen molar-refractivity contribution in [3.05, 3.63) is 95.3 Å². The van der Waals surface area contributed by atoms with Crippen LogP contribution in [0.2, 0.25) is 0 Å². The van der Waals surface area contributed by atoms with Gasteiger partial charge in [0, 0.05) is 71.8 Å². The number of rotatable bonds is 27. The number of benzene rings is 3. The number of hydrogen-bond donors (Lipinski definition) is 12. The molecule has 2 aliphatic rings. The molecule has 1 aromatic heterocycles. The molecule has 6 rings (SSSR count). The lowest BCUT2D eigenvalue weighted by Crippen LogP contribution is -2.58. The Morgan fingerprint density at radius 1 is 0.753 bits per heavy atom. The van der Waals surface area contributed by atoms with E-state index >= 15 is 0 Å². The highest BCUT2D eigenvalue weighted by atomic mass is 16.2. The maximum absolute atomic E-state index is 14.1. The molecule has 2 aliphatic heterocycles. The lowest BCUT2D eigenvalue weighted by Gasteiger charge is -2.26. The van der Waals surface area contributed by atoms with Gasteiger partial charge in [0.05, 0.1) is 35.9 Å². The molecule has 4 aromatic rings. The smallest absolute Gasteiger partial charge is 0.338 e. The third-order valence-corrected chi connectivity index (χ3v) is 14.8. The van der Waals surface area contributed by atoms with E-state index in [0.717, 1.165) is 47.1 Å². The average Bonchev–Trinajstić information content (AvgIpc) is 3.00. The molecule has 85 heavy (non-hydrogen) atoms. The molecular weight excluding hydrogens is 1090 g/mol. The number of imidazole rings is 1. The van der Waals surface area contributed by atoms with Crippen LogP contribution >= 0.6 is 0 Å². The van der Waals surface area contributed by atoms with Crippen LogP contribution in [-0.4, -0.2) is 168 Å². The number of urea groups is 1. The summed E-state index contributed by atoms with van der Waals surface area (Å²) in [5.41, 5.74) is 19.7. The van der Waals surface area contributed by atoms with E-state index in [9.17, 15) is 43.2 Å². The van der Waals surface area contributed by atoms with Gasteiger partial charge < -0.3 is 68.8 Å². The first-order valence-electron chi connectivity index (χ1n) is 29.4. The van der Waals surface area contributed by atoms with Crippen molar-refractivity contribution in [3.8, 4) is 0 Å². The molecule has 10 amide bonds. The fraction of sp³-hybridized carbons (Fsp3) is 0.508. The van der Waals surface area contributed by atoms with Crippen molar-refractivity contribution in [1.82, 2.24) is 67.3 Å². The maximum Gasteiger partial charge on any atom is 0.338 e. The number of anilines is 1. The first kappa shape index (κ1) is 65.3. The van der Waals surface area contributed by atoms with E-state index in [2.05, 4.69) is 62.9 Å². The maximum atomic E-state index is 14.1. The number of guanidine groups is 1. The second-order valence-electron chi connectivity index (χ2n) is 21.3. The highest BCUT2D eigenvalue weighted by molar-refractivity contribution is 5.98. The number of fused-ring (bicyclic) bond motifs is 2. The topological polar surface area (TPSA) is 365 Å². The number of carbonyl (C=O) groups is 9. The summed E-state index contributed by atoms with van der Waals surface area (Å²) in [7, 11) is 3.25. The Kier molecular flexibility index (Phi) is 25.7. The molecule has 14 N–H and O–H groups in total. The van der Waals surface area contributed by atoms with Crippen LogP contribution in [0.25, 0.3) is 11.0 Å². The summed E-state index contributed by atoms with van der Waals surface area (Å²) in [6, 6.07) is 16.6. The van der Waals surface area contributed by atoms with E-state index in [1.165, 1.54) is 7.05 Å². The summed E-state index contributed by atoms with van der Waals surface area (Å²) in [4.78, 5) is 136.